The SMILES string of the molecule is COc1cc(C)ccc1Oc1ccc(NC(=O)CN(C)C(=O)OC(C)(C)C)cn1. The van der Waals surface area contributed by atoms with E-state index in [1.165, 1.54) is 18.1 Å². The second kappa shape index (κ2) is 9.27. The Morgan fingerprint density at radius 3 is 2.45 bits per heavy atom. The number of methoxy groups -OCH3 is 1. The molecule has 8 heteroatoms. The Kier molecular flexibility index (Phi) is 7.03. The van der Waals surface area contributed by atoms with Crippen LogP contribution in [0.15, 0.2) is 36.5 Å². The maximum Gasteiger partial charge on any atom is 0.410 e. The smallest absolute Gasteiger partial charge is 0.410 e. The van der Waals surface area contributed by atoms with Crippen molar-refractivity contribution in [2.45, 2.75) is 33.3 Å². The molecule has 1 aromatic heterocycles. The number of nitrogens with one attached hydrogen (secondary N) is 1. The van der Waals surface area contributed by atoms with Crippen LogP contribution < -0.4 is 14.8 Å². The van der Waals surface area contributed by atoms with Gasteiger partial charge in [-0.15, -0.1) is 0 Å². The number of pyridine rings is 1. The van der Waals surface area contributed by atoms with Crippen molar-refractivity contribution in [2.75, 3.05) is 26.0 Å². The van der Waals surface area contributed by atoms with Crippen molar-refractivity contribution in [1.82, 2.24) is 9.88 Å². The Labute approximate surface area is 170 Å². The van der Waals surface area contributed by atoms with E-state index in [2.05, 4.69) is 10.3 Å². The highest BCUT2D eigenvalue weighted by molar-refractivity contribution is 5.93. The Morgan fingerprint density at radius 2 is 1.86 bits per heavy atom. The van der Waals surface area contributed by atoms with Crippen LogP contribution >= 0.6 is 0 Å². The number of benzene rings is 1. The van der Waals surface area contributed by atoms with E-state index in [0.717, 1.165) is 5.56 Å². The summed E-state index contributed by atoms with van der Waals surface area (Å²) in [7, 11) is 3.07. The lowest BCUT2D eigenvalue weighted by molar-refractivity contribution is -0.117. The standard InChI is InChI=1S/C21H27N3O5/c1-14-7-9-16(17(11-14)27-6)28-19-10-8-15(12-22-19)23-18(25)13-24(5)20(26)29-21(2,3)4/h7-12H,13H2,1-6H3,(H,23,25). The van der Waals surface area contributed by atoms with Crippen molar-refractivity contribution in [2.24, 2.45) is 0 Å². The van der Waals surface area contributed by atoms with Crippen molar-refractivity contribution in [3.8, 4) is 17.4 Å². The number of hydrogen-bond acceptors (Lipinski definition) is 6. The summed E-state index contributed by atoms with van der Waals surface area (Å²) < 4.78 is 16.3. The Bertz CT molecular complexity index is 860. The number of anilines is 1. The first-order chi connectivity index (χ1) is 13.6. The molecule has 0 radical (unpaired) electrons. The van der Waals surface area contributed by atoms with Crippen LogP contribution in [0.5, 0.6) is 17.4 Å². The van der Waals surface area contributed by atoms with Crippen LogP contribution in [0.1, 0.15) is 26.3 Å². The maximum atomic E-state index is 12.1. The molecule has 0 bridgehead atoms. The van der Waals surface area contributed by atoms with E-state index >= 15 is 0 Å². The number of nitrogens with zero attached hydrogens (tertiary/aromatic N) is 2. The van der Waals surface area contributed by atoms with Gasteiger partial charge in [0, 0.05) is 13.1 Å². The topological polar surface area (TPSA) is 90.0 Å². The second-order valence-electron chi connectivity index (χ2n) is 7.53. The normalized spacial score (nSPS) is 10.8. The summed E-state index contributed by atoms with van der Waals surface area (Å²) in [6.45, 7) is 7.11. The van der Waals surface area contributed by atoms with Crippen LogP contribution in [0.2, 0.25) is 0 Å². The van der Waals surface area contributed by atoms with Crippen LogP contribution in [0, 0.1) is 6.92 Å². The van der Waals surface area contributed by atoms with Crippen molar-refractivity contribution in [3.05, 3.63) is 42.1 Å². The lowest BCUT2D eigenvalue weighted by Crippen LogP contribution is -2.38. The van der Waals surface area contributed by atoms with Gasteiger partial charge in [-0.05, 0) is 51.5 Å². The monoisotopic (exact) mass is 401 g/mol. The van der Waals surface area contributed by atoms with Gasteiger partial charge in [-0.25, -0.2) is 9.78 Å². The van der Waals surface area contributed by atoms with E-state index in [1.807, 2.05) is 19.1 Å². The molecule has 0 spiro atoms. The molecule has 2 rings (SSSR count). The first kappa shape index (κ1) is 22.0. The third-order valence-electron chi connectivity index (χ3n) is 3.64. The predicted molar refractivity (Wildman–Crippen MR) is 110 cm³/mol. The molecule has 0 atom stereocenters. The van der Waals surface area contributed by atoms with Crippen LogP contribution in [0.3, 0.4) is 0 Å². The number of ether oxygens (including phenoxy) is 3. The van der Waals surface area contributed by atoms with E-state index in [4.69, 9.17) is 14.2 Å². The van der Waals surface area contributed by atoms with E-state index < -0.39 is 11.7 Å². The molecule has 0 aliphatic carbocycles. The van der Waals surface area contributed by atoms with Crippen LogP contribution in [-0.2, 0) is 9.53 Å². The quantitative estimate of drug-likeness (QED) is 0.787. The third-order valence-corrected chi connectivity index (χ3v) is 3.64. The molecule has 8 nitrogen and oxygen atoms in total. The lowest BCUT2D eigenvalue weighted by Gasteiger charge is -2.24. The molecule has 1 N–H and O–H groups in total. The fourth-order valence-corrected chi connectivity index (χ4v) is 2.31. The average molecular weight is 401 g/mol. The number of aromatic nitrogens is 1. The number of aryl methyl sites for hydroxylation is 1. The molecule has 0 fully saturated rings. The van der Waals surface area contributed by atoms with Crippen LogP contribution in [0.25, 0.3) is 0 Å². The molecule has 0 aliphatic heterocycles. The molecule has 0 saturated carbocycles. The van der Waals surface area contributed by atoms with Crippen LogP contribution in [0.4, 0.5) is 10.5 Å². The number of hydrogen-bond donors (Lipinski definition) is 1. The number of rotatable bonds is 6. The highest BCUT2D eigenvalue weighted by atomic mass is 16.6. The zero-order chi connectivity index (χ0) is 21.6. The zero-order valence-corrected chi connectivity index (χ0v) is 17.6. The largest absolute Gasteiger partial charge is 0.493 e. The molecule has 2 amide bonds. The number of carbonyl (C=O) groups is 2. The Morgan fingerprint density at radius 1 is 1.14 bits per heavy atom. The van der Waals surface area contributed by atoms with E-state index in [9.17, 15) is 9.59 Å². The van der Waals surface area contributed by atoms with Gasteiger partial charge in [0.15, 0.2) is 11.5 Å². The van der Waals surface area contributed by atoms with Crippen molar-refractivity contribution >= 4 is 17.7 Å². The molecule has 29 heavy (non-hydrogen) atoms. The summed E-state index contributed by atoms with van der Waals surface area (Å²) in [5, 5.41) is 2.68. The molecular formula is C21H27N3O5. The fraction of sp³-hybridized carbons (Fsp3) is 0.381. The van der Waals surface area contributed by atoms with E-state index in [-0.39, 0.29) is 12.5 Å². The minimum absolute atomic E-state index is 0.145. The third kappa shape index (κ3) is 6.99. The number of likely N-dealkylation sites (N-methyl/N-ethyl adjacent to an activating group) is 1. The minimum Gasteiger partial charge on any atom is -0.493 e. The van der Waals surface area contributed by atoms with E-state index in [0.29, 0.717) is 23.1 Å². The van der Waals surface area contributed by atoms with Crippen molar-refractivity contribution in [1.29, 1.82) is 0 Å². The summed E-state index contributed by atoms with van der Waals surface area (Å²) in [6.07, 6.45) is 0.906. The van der Waals surface area contributed by atoms with Gasteiger partial charge < -0.3 is 24.4 Å². The molecule has 1 aromatic carbocycles. The van der Waals surface area contributed by atoms with Gasteiger partial charge in [-0.1, -0.05) is 6.07 Å². The summed E-state index contributed by atoms with van der Waals surface area (Å²) in [5.41, 5.74) is 0.911. The van der Waals surface area contributed by atoms with E-state index in [1.54, 1.807) is 46.1 Å². The highest BCUT2D eigenvalue weighted by Gasteiger charge is 2.21. The van der Waals surface area contributed by atoms with Crippen molar-refractivity contribution < 1.29 is 23.8 Å². The highest BCUT2D eigenvalue weighted by Crippen LogP contribution is 2.31. The van der Waals surface area contributed by atoms with Gasteiger partial charge in [0.05, 0.1) is 19.0 Å². The van der Waals surface area contributed by atoms with Gasteiger partial charge in [0.1, 0.15) is 12.1 Å². The number of amides is 2. The Hall–Kier alpha value is -3.29. The molecule has 0 unspecified atom stereocenters. The first-order valence-corrected chi connectivity index (χ1v) is 9.10. The second-order valence-corrected chi connectivity index (χ2v) is 7.53. The van der Waals surface area contributed by atoms with Gasteiger partial charge in [0.2, 0.25) is 11.8 Å². The van der Waals surface area contributed by atoms with Crippen LogP contribution in [-0.4, -0.2) is 48.2 Å². The van der Waals surface area contributed by atoms with Gasteiger partial charge in [-0.2, -0.15) is 0 Å². The summed E-state index contributed by atoms with van der Waals surface area (Å²) in [6, 6.07) is 8.87. The molecule has 156 valence electrons. The zero-order valence-electron chi connectivity index (χ0n) is 17.6. The minimum atomic E-state index is -0.623. The fourth-order valence-electron chi connectivity index (χ4n) is 2.31. The average Bonchev–Trinajstić information content (AvgIpc) is 2.63. The first-order valence-electron chi connectivity index (χ1n) is 9.10. The van der Waals surface area contributed by atoms with Gasteiger partial charge in [-0.3, -0.25) is 4.79 Å². The lowest BCUT2D eigenvalue weighted by atomic mass is 10.2. The van der Waals surface area contributed by atoms with Gasteiger partial charge >= 0.3 is 6.09 Å². The van der Waals surface area contributed by atoms with Crippen molar-refractivity contribution in [3.63, 3.8) is 0 Å². The van der Waals surface area contributed by atoms with Gasteiger partial charge in [0.25, 0.3) is 0 Å². The molecular weight excluding hydrogens is 374 g/mol. The number of carbonyl (C=O) groups excluding carboxylic acids is 2. The summed E-state index contributed by atoms with van der Waals surface area (Å²) in [4.78, 5) is 29.5. The predicted octanol–water partition coefficient (Wildman–Crippen LogP) is 4.00. The molecule has 0 aliphatic rings. The Balaban J connectivity index is 1.93. The molecule has 0 saturated heterocycles. The molecule has 1 heterocycles. The summed E-state index contributed by atoms with van der Waals surface area (Å²) in [5.74, 6) is 1.14. The molecule has 2 aromatic rings. The maximum absolute atomic E-state index is 12.1. The summed E-state index contributed by atoms with van der Waals surface area (Å²) >= 11 is 0.